The van der Waals surface area contributed by atoms with Gasteiger partial charge in [0.1, 0.15) is 0 Å². The molecule has 7 nitrogen and oxygen atoms in total. The molecular weight excluding hydrogens is 264 g/mol. The Labute approximate surface area is 116 Å². The van der Waals surface area contributed by atoms with Crippen molar-refractivity contribution >= 4 is 17.3 Å². The molecule has 0 spiro atoms. The summed E-state index contributed by atoms with van der Waals surface area (Å²) >= 11 is 0. The number of hydrogen-bond donors (Lipinski definition) is 2. The van der Waals surface area contributed by atoms with Gasteiger partial charge in [-0.1, -0.05) is 13.8 Å². The lowest BCUT2D eigenvalue weighted by Crippen LogP contribution is -2.14. The summed E-state index contributed by atoms with van der Waals surface area (Å²) in [6.07, 6.45) is 0. The zero-order valence-corrected chi connectivity index (χ0v) is 11.5. The van der Waals surface area contributed by atoms with Crippen LogP contribution in [0.4, 0.5) is 11.4 Å². The molecule has 20 heavy (non-hydrogen) atoms. The first-order valence-corrected chi connectivity index (χ1v) is 6.25. The number of ether oxygens (including phenoxy) is 1. The standard InChI is InChI=1S/C13H18N2O5/c1-9(2)8-20-6-5-14-12-7-10(15(18)19)3-4-11(12)13(16)17/h3-4,7,9,14H,5-6,8H2,1-2H3,(H,16,17). The number of benzene rings is 1. The molecule has 0 saturated carbocycles. The highest BCUT2D eigenvalue weighted by molar-refractivity contribution is 5.94. The van der Waals surface area contributed by atoms with E-state index in [9.17, 15) is 14.9 Å². The fraction of sp³-hybridized carbons (Fsp3) is 0.462. The molecule has 0 atom stereocenters. The summed E-state index contributed by atoms with van der Waals surface area (Å²) in [7, 11) is 0. The molecule has 1 aromatic carbocycles. The fourth-order valence-electron chi connectivity index (χ4n) is 1.56. The molecule has 0 aliphatic rings. The Hall–Kier alpha value is -2.15. The Kier molecular flexibility index (Phi) is 5.92. The summed E-state index contributed by atoms with van der Waals surface area (Å²) in [4.78, 5) is 21.2. The molecule has 0 aromatic heterocycles. The number of carboxylic acids is 1. The Morgan fingerprint density at radius 1 is 1.50 bits per heavy atom. The third-order valence-electron chi connectivity index (χ3n) is 2.46. The highest BCUT2D eigenvalue weighted by Gasteiger charge is 2.14. The molecule has 0 saturated heterocycles. The van der Waals surface area contributed by atoms with Gasteiger partial charge in [0.15, 0.2) is 0 Å². The van der Waals surface area contributed by atoms with Gasteiger partial charge in [0, 0.05) is 25.3 Å². The number of nitro benzene ring substituents is 1. The van der Waals surface area contributed by atoms with Crippen molar-refractivity contribution in [1.82, 2.24) is 0 Å². The average molecular weight is 282 g/mol. The number of nitro groups is 1. The van der Waals surface area contributed by atoms with Crippen molar-refractivity contribution in [3.63, 3.8) is 0 Å². The lowest BCUT2D eigenvalue weighted by atomic mass is 10.1. The fourth-order valence-corrected chi connectivity index (χ4v) is 1.56. The van der Waals surface area contributed by atoms with E-state index in [2.05, 4.69) is 5.32 Å². The van der Waals surface area contributed by atoms with E-state index in [-0.39, 0.29) is 16.9 Å². The molecule has 110 valence electrons. The zero-order valence-electron chi connectivity index (χ0n) is 11.5. The van der Waals surface area contributed by atoms with Crippen molar-refractivity contribution in [3.05, 3.63) is 33.9 Å². The van der Waals surface area contributed by atoms with Crippen molar-refractivity contribution in [1.29, 1.82) is 0 Å². The van der Waals surface area contributed by atoms with E-state index in [1.165, 1.54) is 18.2 Å². The molecule has 0 fully saturated rings. The predicted octanol–water partition coefficient (Wildman–Crippen LogP) is 2.38. The number of carboxylic acid groups (broad SMARTS) is 1. The van der Waals surface area contributed by atoms with Crippen LogP contribution in [-0.2, 0) is 4.74 Å². The number of nitrogens with one attached hydrogen (secondary N) is 1. The Balaban J connectivity index is 2.68. The maximum absolute atomic E-state index is 11.0. The van der Waals surface area contributed by atoms with E-state index in [0.717, 1.165) is 0 Å². The summed E-state index contributed by atoms with van der Waals surface area (Å²) in [5.74, 6) is -0.715. The predicted molar refractivity (Wildman–Crippen MR) is 74.2 cm³/mol. The Morgan fingerprint density at radius 2 is 2.20 bits per heavy atom. The number of nitrogens with zero attached hydrogens (tertiary/aromatic N) is 1. The second-order valence-electron chi connectivity index (χ2n) is 4.69. The van der Waals surface area contributed by atoms with Crippen molar-refractivity contribution in [2.75, 3.05) is 25.1 Å². The lowest BCUT2D eigenvalue weighted by Gasteiger charge is -2.10. The first kappa shape index (κ1) is 15.9. The average Bonchev–Trinajstić information content (AvgIpc) is 2.37. The van der Waals surface area contributed by atoms with Gasteiger partial charge in [-0.2, -0.15) is 0 Å². The maximum Gasteiger partial charge on any atom is 0.337 e. The van der Waals surface area contributed by atoms with Crippen LogP contribution in [0.5, 0.6) is 0 Å². The van der Waals surface area contributed by atoms with E-state index in [4.69, 9.17) is 9.84 Å². The molecule has 0 aliphatic heterocycles. The Bertz CT molecular complexity index is 488. The number of aromatic carboxylic acids is 1. The van der Waals surface area contributed by atoms with Gasteiger partial charge in [-0.3, -0.25) is 10.1 Å². The van der Waals surface area contributed by atoms with Crippen molar-refractivity contribution in [2.45, 2.75) is 13.8 Å². The highest BCUT2D eigenvalue weighted by atomic mass is 16.6. The van der Waals surface area contributed by atoms with Crippen molar-refractivity contribution in [2.24, 2.45) is 5.92 Å². The molecule has 7 heteroatoms. The molecule has 0 amide bonds. The molecule has 0 bridgehead atoms. The second kappa shape index (κ2) is 7.44. The van der Waals surface area contributed by atoms with Gasteiger partial charge >= 0.3 is 5.97 Å². The van der Waals surface area contributed by atoms with Gasteiger partial charge in [0.25, 0.3) is 5.69 Å². The van der Waals surface area contributed by atoms with E-state index < -0.39 is 10.9 Å². The quantitative estimate of drug-likeness (QED) is 0.431. The molecule has 0 aliphatic carbocycles. The smallest absolute Gasteiger partial charge is 0.337 e. The van der Waals surface area contributed by atoms with Crippen LogP contribution < -0.4 is 5.32 Å². The first-order valence-electron chi connectivity index (χ1n) is 6.25. The monoisotopic (exact) mass is 282 g/mol. The molecule has 1 rings (SSSR count). The summed E-state index contributed by atoms with van der Waals surface area (Å²) < 4.78 is 5.35. The summed E-state index contributed by atoms with van der Waals surface area (Å²) in [6.45, 7) is 5.45. The van der Waals surface area contributed by atoms with Crippen molar-refractivity contribution < 1.29 is 19.6 Å². The maximum atomic E-state index is 11.0. The van der Waals surface area contributed by atoms with Crippen LogP contribution >= 0.6 is 0 Å². The highest BCUT2D eigenvalue weighted by Crippen LogP contribution is 2.22. The third kappa shape index (κ3) is 4.85. The number of rotatable bonds is 8. The molecule has 0 radical (unpaired) electrons. The largest absolute Gasteiger partial charge is 0.478 e. The summed E-state index contributed by atoms with van der Waals surface area (Å²) in [5, 5.41) is 22.6. The lowest BCUT2D eigenvalue weighted by molar-refractivity contribution is -0.384. The molecule has 2 N–H and O–H groups in total. The SMILES string of the molecule is CC(C)COCCNc1cc([N+](=O)[O-])ccc1C(=O)O. The minimum atomic E-state index is -1.13. The summed E-state index contributed by atoms with van der Waals surface area (Å²) in [5.41, 5.74) is 0.0694. The molecular formula is C13H18N2O5. The van der Waals surface area contributed by atoms with E-state index in [0.29, 0.717) is 25.7 Å². The number of non-ortho nitro benzene ring substituents is 1. The molecule has 0 unspecified atom stereocenters. The minimum absolute atomic E-state index is 0.000500. The summed E-state index contributed by atoms with van der Waals surface area (Å²) in [6, 6.07) is 3.60. The molecule has 0 heterocycles. The normalized spacial score (nSPS) is 10.6. The van der Waals surface area contributed by atoms with Crippen LogP contribution in [0.25, 0.3) is 0 Å². The van der Waals surface area contributed by atoms with Gasteiger partial charge < -0.3 is 15.2 Å². The first-order chi connectivity index (χ1) is 9.41. The second-order valence-corrected chi connectivity index (χ2v) is 4.69. The van der Waals surface area contributed by atoms with Gasteiger partial charge in [-0.15, -0.1) is 0 Å². The van der Waals surface area contributed by atoms with Crippen molar-refractivity contribution in [3.8, 4) is 0 Å². The Morgan fingerprint density at radius 3 is 2.75 bits per heavy atom. The van der Waals surface area contributed by atoms with Gasteiger partial charge in [0.05, 0.1) is 22.8 Å². The van der Waals surface area contributed by atoms with E-state index >= 15 is 0 Å². The number of anilines is 1. The van der Waals surface area contributed by atoms with Crippen LogP contribution in [0.3, 0.4) is 0 Å². The van der Waals surface area contributed by atoms with Crippen LogP contribution in [0.15, 0.2) is 18.2 Å². The van der Waals surface area contributed by atoms with Gasteiger partial charge in [0.2, 0.25) is 0 Å². The topological polar surface area (TPSA) is 102 Å². The van der Waals surface area contributed by atoms with Crippen LogP contribution in [0.2, 0.25) is 0 Å². The van der Waals surface area contributed by atoms with Crippen LogP contribution in [0, 0.1) is 16.0 Å². The number of hydrogen-bond acceptors (Lipinski definition) is 5. The minimum Gasteiger partial charge on any atom is -0.478 e. The van der Waals surface area contributed by atoms with Crippen LogP contribution in [0.1, 0.15) is 24.2 Å². The number of carbonyl (C=O) groups is 1. The molecule has 1 aromatic rings. The van der Waals surface area contributed by atoms with E-state index in [1.807, 2.05) is 13.8 Å². The van der Waals surface area contributed by atoms with Gasteiger partial charge in [-0.05, 0) is 12.0 Å². The zero-order chi connectivity index (χ0) is 15.1. The van der Waals surface area contributed by atoms with Gasteiger partial charge in [-0.25, -0.2) is 4.79 Å². The van der Waals surface area contributed by atoms with E-state index in [1.54, 1.807) is 0 Å². The third-order valence-corrected chi connectivity index (χ3v) is 2.46. The van der Waals surface area contributed by atoms with Crippen LogP contribution in [-0.4, -0.2) is 35.8 Å².